The van der Waals surface area contributed by atoms with Crippen LogP contribution >= 0.6 is 11.6 Å². The Labute approximate surface area is 123 Å². The minimum absolute atomic E-state index is 0.0107. The maximum absolute atomic E-state index is 11.7. The Kier molecular flexibility index (Phi) is 3.48. The molecular formula is C11H10ClN7O2. The highest BCUT2D eigenvalue weighted by Crippen LogP contribution is 2.13. The van der Waals surface area contributed by atoms with Gasteiger partial charge in [0.05, 0.1) is 0 Å². The Bertz CT molecular complexity index is 688. The molecule has 0 bridgehead atoms. The summed E-state index contributed by atoms with van der Waals surface area (Å²) in [5.41, 5.74) is 0. The van der Waals surface area contributed by atoms with E-state index in [1.807, 2.05) is 0 Å². The van der Waals surface area contributed by atoms with Crippen LogP contribution in [0.25, 0.3) is 5.95 Å². The minimum atomic E-state index is -0.586. The first kappa shape index (κ1) is 13.4. The predicted molar refractivity (Wildman–Crippen MR) is 71.8 cm³/mol. The van der Waals surface area contributed by atoms with E-state index >= 15 is 0 Å². The lowest BCUT2D eigenvalue weighted by Gasteiger charge is -2.21. The SMILES string of the molecule is O=C1CCC(Nc2nc(Cl)nc(-n3ccnc3)n2)C(=O)N1. The number of halogens is 1. The molecule has 108 valence electrons. The van der Waals surface area contributed by atoms with E-state index in [2.05, 4.69) is 30.6 Å². The monoisotopic (exact) mass is 307 g/mol. The summed E-state index contributed by atoms with van der Waals surface area (Å²) in [6, 6.07) is -0.586. The number of aromatic nitrogens is 5. The molecule has 2 aromatic heterocycles. The van der Waals surface area contributed by atoms with Crippen LogP contribution in [-0.2, 0) is 9.59 Å². The van der Waals surface area contributed by atoms with Crippen molar-refractivity contribution in [1.82, 2.24) is 29.8 Å². The van der Waals surface area contributed by atoms with Gasteiger partial charge >= 0.3 is 0 Å². The van der Waals surface area contributed by atoms with Gasteiger partial charge in [-0.1, -0.05) is 0 Å². The van der Waals surface area contributed by atoms with Crippen LogP contribution in [0.5, 0.6) is 0 Å². The van der Waals surface area contributed by atoms with Crippen LogP contribution in [0.1, 0.15) is 12.8 Å². The molecule has 0 aromatic carbocycles. The Morgan fingerprint density at radius 2 is 2.19 bits per heavy atom. The van der Waals surface area contributed by atoms with E-state index in [4.69, 9.17) is 11.6 Å². The minimum Gasteiger partial charge on any atom is -0.342 e. The van der Waals surface area contributed by atoms with Crippen LogP contribution in [0, 0.1) is 0 Å². The third kappa shape index (κ3) is 2.97. The summed E-state index contributed by atoms with van der Waals surface area (Å²) in [5, 5.41) is 5.09. The van der Waals surface area contributed by atoms with E-state index in [0.717, 1.165) is 0 Å². The molecule has 0 aliphatic carbocycles. The number of imidazole rings is 1. The summed E-state index contributed by atoms with van der Waals surface area (Å²) in [5.74, 6) is -0.256. The van der Waals surface area contributed by atoms with Crippen LogP contribution < -0.4 is 10.6 Å². The molecule has 1 fully saturated rings. The van der Waals surface area contributed by atoms with Crippen molar-refractivity contribution in [2.45, 2.75) is 18.9 Å². The Morgan fingerprint density at radius 1 is 1.33 bits per heavy atom. The number of hydrogen-bond donors (Lipinski definition) is 2. The third-order valence-electron chi connectivity index (χ3n) is 2.87. The molecule has 0 radical (unpaired) electrons. The van der Waals surface area contributed by atoms with Crippen molar-refractivity contribution < 1.29 is 9.59 Å². The Hall–Kier alpha value is -2.55. The molecule has 1 aliphatic rings. The number of rotatable bonds is 3. The van der Waals surface area contributed by atoms with Gasteiger partial charge in [0.2, 0.25) is 29.0 Å². The number of piperidine rings is 1. The van der Waals surface area contributed by atoms with Crippen molar-refractivity contribution in [3.63, 3.8) is 0 Å². The normalized spacial score (nSPS) is 18.4. The number of nitrogens with zero attached hydrogens (tertiary/aromatic N) is 5. The van der Waals surface area contributed by atoms with Gasteiger partial charge in [0.1, 0.15) is 12.4 Å². The Balaban J connectivity index is 1.82. The van der Waals surface area contributed by atoms with Crippen molar-refractivity contribution in [3.8, 4) is 5.95 Å². The van der Waals surface area contributed by atoms with E-state index in [0.29, 0.717) is 6.42 Å². The van der Waals surface area contributed by atoms with Crippen molar-refractivity contribution >= 4 is 29.4 Å². The van der Waals surface area contributed by atoms with Gasteiger partial charge in [-0.05, 0) is 18.0 Å². The van der Waals surface area contributed by atoms with Crippen LogP contribution in [0.4, 0.5) is 5.95 Å². The molecule has 21 heavy (non-hydrogen) atoms. The van der Waals surface area contributed by atoms with Crippen molar-refractivity contribution in [3.05, 3.63) is 24.0 Å². The van der Waals surface area contributed by atoms with Gasteiger partial charge < -0.3 is 5.32 Å². The second kappa shape index (κ2) is 5.44. The smallest absolute Gasteiger partial charge is 0.249 e. The number of imide groups is 1. The molecule has 3 rings (SSSR count). The lowest BCUT2D eigenvalue weighted by atomic mass is 10.1. The number of hydrogen-bond acceptors (Lipinski definition) is 7. The first-order chi connectivity index (χ1) is 10.1. The summed E-state index contributed by atoms with van der Waals surface area (Å²) in [6.07, 6.45) is 5.37. The van der Waals surface area contributed by atoms with Crippen LogP contribution in [0.3, 0.4) is 0 Å². The molecule has 2 aromatic rings. The van der Waals surface area contributed by atoms with E-state index in [-0.39, 0.29) is 29.5 Å². The molecule has 3 heterocycles. The zero-order chi connectivity index (χ0) is 14.8. The highest BCUT2D eigenvalue weighted by molar-refractivity contribution is 6.28. The molecule has 9 nitrogen and oxygen atoms in total. The fourth-order valence-electron chi connectivity index (χ4n) is 1.88. The highest BCUT2D eigenvalue weighted by Gasteiger charge is 2.27. The number of carbonyl (C=O) groups excluding carboxylic acids is 2. The maximum Gasteiger partial charge on any atom is 0.249 e. The largest absolute Gasteiger partial charge is 0.342 e. The molecule has 1 atom stereocenters. The lowest BCUT2D eigenvalue weighted by molar-refractivity contribution is -0.133. The van der Waals surface area contributed by atoms with E-state index in [1.54, 1.807) is 17.0 Å². The number of anilines is 1. The van der Waals surface area contributed by atoms with E-state index < -0.39 is 11.9 Å². The molecule has 1 saturated heterocycles. The quantitative estimate of drug-likeness (QED) is 0.762. The van der Waals surface area contributed by atoms with Gasteiger partial charge in [-0.3, -0.25) is 19.5 Å². The third-order valence-corrected chi connectivity index (χ3v) is 3.04. The molecule has 2 N–H and O–H groups in total. The van der Waals surface area contributed by atoms with Gasteiger partial charge in [-0.25, -0.2) is 4.98 Å². The zero-order valence-electron chi connectivity index (χ0n) is 10.7. The number of amides is 2. The summed E-state index contributed by atoms with van der Waals surface area (Å²) in [4.78, 5) is 38.7. The fraction of sp³-hybridized carbons (Fsp3) is 0.273. The average molecular weight is 308 g/mol. The highest BCUT2D eigenvalue weighted by atomic mass is 35.5. The van der Waals surface area contributed by atoms with Crippen molar-refractivity contribution in [1.29, 1.82) is 0 Å². The standard InChI is InChI=1S/C11H10ClN7O2/c12-9-16-10(14-6-1-2-7(20)15-8(6)21)18-11(17-9)19-4-3-13-5-19/h3-6H,1-2H2,(H,15,20,21)(H,14,16,17,18). The summed E-state index contributed by atoms with van der Waals surface area (Å²) >= 11 is 5.85. The van der Waals surface area contributed by atoms with E-state index in [1.165, 1.54) is 6.33 Å². The van der Waals surface area contributed by atoms with Crippen LogP contribution in [0.2, 0.25) is 5.28 Å². The lowest BCUT2D eigenvalue weighted by Crippen LogP contribution is -2.47. The van der Waals surface area contributed by atoms with E-state index in [9.17, 15) is 9.59 Å². The summed E-state index contributed by atoms with van der Waals surface area (Å²) < 4.78 is 1.56. The maximum atomic E-state index is 11.7. The van der Waals surface area contributed by atoms with Gasteiger partial charge in [0.25, 0.3) is 0 Å². The second-order valence-electron chi connectivity index (χ2n) is 4.35. The van der Waals surface area contributed by atoms with Crippen molar-refractivity contribution in [2.75, 3.05) is 5.32 Å². The molecule has 0 spiro atoms. The van der Waals surface area contributed by atoms with Crippen LogP contribution in [0.15, 0.2) is 18.7 Å². The van der Waals surface area contributed by atoms with Crippen LogP contribution in [-0.4, -0.2) is 42.4 Å². The summed E-state index contributed by atoms with van der Waals surface area (Å²) in [6.45, 7) is 0. The first-order valence-corrected chi connectivity index (χ1v) is 6.50. The molecular weight excluding hydrogens is 298 g/mol. The van der Waals surface area contributed by atoms with Gasteiger partial charge in [0, 0.05) is 18.8 Å². The number of carbonyl (C=O) groups is 2. The molecule has 10 heteroatoms. The van der Waals surface area contributed by atoms with Gasteiger partial charge in [-0.2, -0.15) is 15.0 Å². The van der Waals surface area contributed by atoms with Gasteiger partial charge in [-0.15, -0.1) is 0 Å². The number of nitrogens with one attached hydrogen (secondary N) is 2. The van der Waals surface area contributed by atoms with Gasteiger partial charge in [0.15, 0.2) is 0 Å². The molecule has 0 saturated carbocycles. The fourth-order valence-corrected chi connectivity index (χ4v) is 2.04. The topological polar surface area (TPSA) is 115 Å². The second-order valence-corrected chi connectivity index (χ2v) is 4.68. The average Bonchev–Trinajstić information content (AvgIpc) is 2.95. The predicted octanol–water partition coefficient (Wildman–Crippen LogP) is -0.0722. The Morgan fingerprint density at radius 3 is 2.90 bits per heavy atom. The molecule has 1 unspecified atom stereocenters. The molecule has 1 aliphatic heterocycles. The summed E-state index contributed by atoms with van der Waals surface area (Å²) in [7, 11) is 0. The molecule has 2 amide bonds. The first-order valence-electron chi connectivity index (χ1n) is 6.12. The zero-order valence-corrected chi connectivity index (χ0v) is 11.4. The van der Waals surface area contributed by atoms with Crippen molar-refractivity contribution in [2.24, 2.45) is 0 Å².